The van der Waals surface area contributed by atoms with Gasteiger partial charge >= 0.3 is 5.69 Å². The first-order valence-electron chi connectivity index (χ1n) is 8.69. The summed E-state index contributed by atoms with van der Waals surface area (Å²) in [5.74, 6) is -0.442. The number of nitrogens with zero attached hydrogens (tertiary/aromatic N) is 3. The predicted octanol–water partition coefficient (Wildman–Crippen LogP) is -6.09. The van der Waals surface area contributed by atoms with Crippen LogP contribution in [0.4, 0.5) is 4.39 Å². The van der Waals surface area contributed by atoms with E-state index in [4.69, 9.17) is 4.74 Å². The largest absolute Gasteiger partial charge is 0.497 e. The Hall–Kier alpha value is -2.03. The standard InChI is InChI=1S/C13H20B6FN3O4S/c1-27-7-2-4-8(5-3-7)28(25,26)22-6-9(20)10(21-12(14,15)16)23(11(22)24)13(17,18)19/h2-6H,14-19H2,1H3/b21-10+. The summed E-state index contributed by atoms with van der Waals surface area (Å²) in [5, 5.41) is -1.57. The fraction of sp³-hybridized carbons (Fsp3) is 0.231. The summed E-state index contributed by atoms with van der Waals surface area (Å²) in [6, 6.07) is 5.51. The fourth-order valence-corrected chi connectivity index (χ4v) is 3.80. The minimum atomic E-state index is -4.31. The van der Waals surface area contributed by atoms with Crippen molar-refractivity contribution in [3.05, 3.63) is 52.3 Å². The molecule has 0 amide bonds. The van der Waals surface area contributed by atoms with E-state index in [0.29, 0.717) is 15.9 Å². The zero-order chi connectivity index (χ0) is 21.5. The molecule has 0 bridgehead atoms. The maximum atomic E-state index is 15.0. The topological polar surface area (TPSA) is 82.7 Å². The second kappa shape index (κ2) is 7.42. The quantitative estimate of drug-likeness (QED) is 0.470. The molecule has 0 N–H and O–H groups in total. The summed E-state index contributed by atoms with van der Waals surface area (Å²) in [6.45, 7) is 0. The summed E-state index contributed by atoms with van der Waals surface area (Å²) in [6.07, 6.45) is 0.675. The van der Waals surface area contributed by atoms with Gasteiger partial charge in [-0.25, -0.2) is 17.6 Å². The zero-order valence-corrected chi connectivity index (χ0v) is 18.0. The van der Waals surface area contributed by atoms with Crippen molar-refractivity contribution in [1.29, 1.82) is 0 Å². The molecule has 0 radical (unpaired) electrons. The van der Waals surface area contributed by atoms with Gasteiger partial charge in [-0.1, -0.05) is 0 Å². The molecule has 15 heteroatoms. The smallest absolute Gasteiger partial charge is 0.342 e. The van der Waals surface area contributed by atoms with E-state index >= 15 is 0 Å². The van der Waals surface area contributed by atoms with Crippen LogP contribution in [0.1, 0.15) is 0 Å². The van der Waals surface area contributed by atoms with Gasteiger partial charge in [0.15, 0.2) is 11.3 Å². The van der Waals surface area contributed by atoms with Gasteiger partial charge in [-0.3, -0.25) is 9.56 Å². The fourth-order valence-electron chi connectivity index (χ4n) is 2.57. The SMILES string of the molecule is BC(B)(B)/N=c1\c(F)cn(S(=O)(=O)c2ccc(OC)cc2)c(=O)n1C(B)(B)B. The maximum absolute atomic E-state index is 15.0. The Labute approximate surface area is 168 Å². The number of hydrogen-bond acceptors (Lipinski definition) is 5. The molecule has 0 aliphatic heterocycles. The molecular formula is C13H20B6FN3O4S. The summed E-state index contributed by atoms with van der Waals surface area (Å²) >= 11 is 0. The van der Waals surface area contributed by atoms with E-state index in [9.17, 15) is 17.6 Å². The lowest BCUT2D eigenvalue weighted by Crippen LogP contribution is -2.56. The molecule has 7 nitrogen and oxygen atoms in total. The summed E-state index contributed by atoms with van der Waals surface area (Å²) in [4.78, 5) is 17.3. The molecule has 0 saturated heterocycles. The maximum Gasteiger partial charge on any atom is 0.342 e. The van der Waals surface area contributed by atoms with Crippen LogP contribution in [0.2, 0.25) is 0 Å². The lowest BCUT2D eigenvalue weighted by atomic mass is 9.49. The Bertz CT molecular complexity index is 1120. The molecule has 0 saturated carbocycles. The summed E-state index contributed by atoms with van der Waals surface area (Å²) in [7, 11) is 7.47. The summed E-state index contributed by atoms with van der Waals surface area (Å²) in [5.41, 5.74) is -1.08. The average Bonchev–Trinajstić information content (AvgIpc) is 2.55. The Morgan fingerprint density at radius 2 is 1.61 bits per heavy atom. The molecule has 1 aromatic carbocycles. The van der Waals surface area contributed by atoms with E-state index in [-0.39, 0.29) is 10.4 Å². The molecule has 0 aliphatic carbocycles. The summed E-state index contributed by atoms with van der Waals surface area (Å²) < 4.78 is 47.4. The third-order valence-electron chi connectivity index (χ3n) is 3.76. The molecule has 0 spiro atoms. The molecule has 1 heterocycles. The van der Waals surface area contributed by atoms with E-state index in [0.717, 1.165) is 4.57 Å². The number of halogens is 1. The van der Waals surface area contributed by atoms with Crippen LogP contribution in [0, 0.1) is 5.82 Å². The molecule has 28 heavy (non-hydrogen) atoms. The number of methoxy groups -OCH3 is 1. The lowest BCUT2D eigenvalue weighted by molar-refractivity contribution is 0.414. The van der Waals surface area contributed by atoms with Gasteiger partial charge in [0.05, 0.1) is 18.2 Å². The monoisotopic (exact) mass is 399 g/mol. The minimum Gasteiger partial charge on any atom is -0.497 e. The molecular weight excluding hydrogens is 378 g/mol. The first kappa shape index (κ1) is 22.3. The van der Waals surface area contributed by atoms with E-state index in [1.807, 2.05) is 0 Å². The molecule has 1 aromatic heterocycles. The number of benzene rings is 1. The average molecular weight is 398 g/mol. The van der Waals surface area contributed by atoms with Crippen LogP contribution in [0.15, 0.2) is 45.1 Å². The molecule has 142 valence electrons. The highest BCUT2D eigenvalue weighted by Gasteiger charge is 2.27. The van der Waals surface area contributed by atoms with Gasteiger partial charge in [0.2, 0.25) is 0 Å². The normalized spacial score (nSPS) is 13.4. The first-order valence-corrected chi connectivity index (χ1v) is 10.1. The highest BCUT2D eigenvalue weighted by atomic mass is 32.2. The van der Waals surface area contributed by atoms with Crippen molar-refractivity contribution in [2.45, 2.75) is 15.4 Å². The van der Waals surface area contributed by atoms with Crippen LogP contribution in [0.5, 0.6) is 5.75 Å². The second-order valence-electron chi connectivity index (χ2n) is 8.35. The van der Waals surface area contributed by atoms with Gasteiger partial charge in [-0.05, 0) is 34.7 Å². The van der Waals surface area contributed by atoms with Crippen LogP contribution in [-0.2, 0) is 15.3 Å². The number of rotatable bonds is 5. The molecule has 2 aromatic rings. The lowest BCUT2D eigenvalue weighted by Gasteiger charge is -2.25. The molecule has 0 unspecified atom stereocenters. The third kappa shape index (κ3) is 4.51. The van der Waals surface area contributed by atoms with Crippen molar-refractivity contribution in [3.8, 4) is 5.75 Å². The Balaban J connectivity index is 2.89. The highest BCUT2D eigenvalue weighted by molar-refractivity contribution is 7.90. The third-order valence-corrected chi connectivity index (χ3v) is 5.41. The van der Waals surface area contributed by atoms with Crippen LogP contribution >= 0.6 is 0 Å². The minimum absolute atomic E-state index is 0.157. The molecule has 2 rings (SSSR count). The van der Waals surface area contributed by atoms with E-state index < -0.39 is 32.0 Å². The van der Waals surface area contributed by atoms with E-state index in [2.05, 4.69) is 4.99 Å². The Morgan fingerprint density at radius 3 is 2.04 bits per heavy atom. The first-order chi connectivity index (χ1) is 12.7. The van der Waals surface area contributed by atoms with E-state index in [1.54, 1.807) is 47.1 Å². The van der Waals surface area contributed by atoms with Crippen molar-refractivity contribution in [3.63, 3.8) is 0 Å². The van der Waals surface area contributed by atoms with Crippen LogP contribution < -0.4 is 15.9 Å². The predicted molar refractivity (Wildman–Crippen MR) is 122 cm³/mol. The highest BCUT2D eigenvalue weighted by Crippen LogP contribution is 2.17. The van der Waals surface area contributed by atoms with Crippen molar-refractivity contribution >= 4 is 57.1 Å². The molecule has 0 atom stereocenters. The van der Waals surface area contributed by atoms with Gasteiger partial charge in [-0.15, -0.1) is 0 Å². The van der Waals surface area contributed by atoms with Crippen molar-refractivity contribution in [1.82, 2.24) is 8.54 Å². The van der Waals surface area contributed by atoms with Gasteiger partial charge in [-0.2, -0.15) is 3.97 Å². The van der Waals surface area contributed by atoms with Gasteiger partial charge < -0.3 is 4.74 Å². The second-order valence-corrected chi connectivity index (χ2v) is 10.2. The van der Waals surface area contributed by atoms with Crippen molar-refractivity contribution in [2.75, 3.05) is 7.11 Å². The van der Waals surface area contributed by atoms with Crippen LogP contribution in [0.25, 0.3) is 0 Å². The van der Waals surface area contributed by atoms with Gasteiger partial charge in [0.25, 0.3) is 10.0 Å². The van der Waals surface area contributed by atoms with Crippen LogP contribution in [-0.4, -0.2) is 76.4 Å². The zero-order valence-electron chi connectivity index (χ0n) is 17.1. The van der Waals surface area contributed by atoms with Crippen molar-refractivity contribution in [2.24, 2.45) is 4.99 Å². The van der Waals surface area contributed by atoms with Crippen LogP contribution in [0.3, 0.4) is 0 Å². The Morgan fingerprint density at radius 1 is 1.07 bits per heavy atom. The molecule has 0 fully saturated rings. The number of hydrogen-bond donors (Lipinski definition) is 0. The van der Waals surface area contributed by atoms with Crippen molar-refractivity contribution < 1.29 is 17.5 Å². The van der Waals surface area contributed by atoms with Gasteiger partial charge in [0.1, 0.15) is 52.8 Å². The molecule has 0 aliphatic rings. The number of aromatic nitrogens is 2. The van der Waals surface area contributed by atoms with E-state index in [1.165, 1.54) is 31.4 Å². The Kier molecular flexibility index (Phi) is 5.90. The number of ether oxygens (including phenoxy) is 1. The van der Waals surface area contributed by atoms with Gasteiger partial charge in [0, 0.05) is 0 Å².